The quantitative estimate of drug-likeness (QED) is 0.126. The first kappa shape index (κ1) is 67.1. The van der Waals surface area contributed by atoms with Gasteiger partial charge in [0.1, 0.15) is 28.8 Å². The van der Waals surface area contributed by atoms with Crippen LogP contribution in [-0.2, 0) is 10.8 Å². The van der Waals surface area contributed by atoms with Gasteiger partial charge in [0.2, 0.25) is 0 Å². The number of para-hydroxylation sites is 4. The molecule has 0 radical (unpaired) electrons. The Morgan fingerprint density at radius 1 is 0.209 bits per heavy atom. The third-order valence-corrected chi connectivity index (χ3v) is 24.0. The van der Waals surface area contributed by atoms with E-state index in [0.717, 1.165) is 185 Å². The van der Waals surface area contributed by atoms with Crippen molar-refractivity contribution in [2.45, 2.75) is 31.6 Å². The average Bonchev–Trinajstić information content (AvgIpc) is 1.54. The minimum Gasteiger partial charge on any atom is -0.457 e. The van der Waals surface area contributed by atoms with Gasteiger partial charge in [-0.25, -0.2) is 19.9 Å². The monoisotopic (exact) mass is 1470 g/mol. The lowest BCUT2D eigenvalue weighted by atomic mass is 9.66. The molecule has 0 saturated heterocycles. The fourth-order valence-corrected chi connectivity index (χ4v) is 18.8. The van der Waals surface area contributed by atoms with E-state index in [9.17, 15) is 0 Å². The van der Waals surface area contributed by atoms with Gasteiger partial charge in [-0.3, -0.25) is 9.97 Å². The Morgan fingerprint density at radius 3 is 1.16 bits per heavy atom. The van der Waals surface area contributed by atoms with Crippen LogP contribution < -0.4 is 9.47 Å². The van der Waals surface area contributed by atoms with Gasteiger partial charge in [0.05, 0.1) is 33.6 Å². The smallest absolute Gasteiger partial charge is 0.161 e. The number of ether oxygens (including phenoxy) is 2. The van der Waals surface area contributed by atoms with Gasteiger partial charge in [0.15, 0.2) is 5.82 Å². The van der Waals surface area contributed by atoms with E-state index in [0.29, 0.717) is 11.6 Å². The number of aryl methyl sites for hydroxylation is 3. The van der Waals surface area contributed by atoms with Crippen LogP contribution in [0.5, 0.6) is 23.0 Å². The number of fused-ring (bicyclic) bond motifs is 18. The second-order valence-electron chi connectivity index (χ2n) is 30.5. The van der Waals surface area contributed by atoms with E-state index >= 15 is 0 Å². The lowest BCUT2D eigenvalue weighted by Gasteiger charge is -2.39. The molecule has 0 bridgehead atoms. The van der Waals surface area contributed by atoms with Gasteiger partial charge in [-0.1, -0.05) is 261 Å². The molecule has 18 aromatic rings. The fourth-order valence-electron chi connectivity index (χ4n) is 18.8. The molecule has 4 aliphatic rings. The van der Waals surface area contributed by atoms with Gasteiger partial charge >= 0.3 is 0 Å². The third kappa shape index (κ3) is 10.7. The molecule has 540 valence electrons. The summed E-state index contributed by atoms with van der Waals surface area (Å²) in [6.45, 7) is 6.28. The first-order valence-electron chi connectivity index (χ1n) is 39.2. The molecule has 2 aliphatic heterocycles. The van der Waals surface area contributed by atoms with Crippen LogP contribution in [0.2, 0.25) is 0 Å². The van der Waals surface area contributed by atoms with E-state index in [1.807, 2.05) is 37.8 Å². The lowest BCUT2D eigenvalue weighted by molar-refractivity contribution is 0.436. The summed E-state index contributed by atoms with van der Waals surface area (Å²) in [6.07, 6.45) is 7.70. The fraction of sp³-hybridized carbons (Fsp3) is 0.0467. The van der Waals surface area contributed by atoms with Crippen molar-refractivity contribution in [3.63, 3.8) is 0 Å². The Kier molecular flexibility index (Phi) is 15.6. The van der Waals surface area contributed by atoms with Gasteiger partial charge in [-0.15, -0.1) is 0 Å². The third-order valence-electron chi connectivity index (χ3n) is 24.0. The minimum absolute atomic E-state index is 0.658. The summed E-state index contributed by atoms with van der Waals surface area (Å²) in [5, 5.41) is 0. The van der Waals surface area contributed by atoms with Crippen LogP contribution in [0.15, 0.2) is 371 Å². The second-order valence-corrected chi connectivity index (χ2v) is 30.5. The summed E-state index contributed by atoms with van der Waals surface area (Å²) in [7, 11) is 0. The van der Waals surface area contributed by atoms with Crippen molar-refractivity contribution in [2.75, 3.05) is 0 Å². The Labute approximate surface area is 667 Å². The lowest BCUT2D eigenvalue weighted by Crippen LogP contribution is -2.32. The summed E-state index contributed by atoms with van der Waals surface area (Å²) >= 11 is 0. The Morgan fingerprint density at radius 2 is 0.583 bits per heavy atom. The van der Waals surface area contributed by atoms with E-state index in [2.05, 4.69) is 364 Å². The van der Waals surface area contributed by atoms with Crippen LogP contribution in [0.25, 0.3) is 145 Å². The molecule has 115 heavy (non-hydrogen) atoms. The van der Waals surface area contributed by atoms with Gasteiger partial charge in [0.25, 0.3) is 0 Å². The zero-order chi connectivity index (χ0) is 76.5. The predicted octanol–water partition coefficient (Wildman–Crippen LogP) is 26.3. The second kappa shape index (κ2) is 26.7. The normalized spacial score (nSPS) is 13.1. The van der Waals surface area contributed by atoms with Crippen molar-refractivity contribution in [1.29, 1.82) is 0 Å². The van der Waals surface area contributed by atoms with Crippen molar-refractivity contribution in [2.24, 2.45) is 0 Å². The SMILES string of the molecule is Cc1nc(-c2cccc(-c3ccc(-c4ccc(-c5ccc6c(c5)-c5cc(-c7cc(-c8ccccc8)nc(-c8ccccc8-c8ccccc8)n7)ccc5C65c6ccccc6Oc6ccccc65)c(-c5ccncc5C)c4)cc3)c2)cc(-c2ccc3c(c2)C2(c4ccccc4Oc4ccccc42)c2ccc(-c4ccncc4C)cc2-3)n1. The number of hydrogen-bond donors (Lipinski definition) is 0. The maximum Gasteiger partial charge on any atom is 0.161 e. The topological polar surface area (TPSA) is 95.8 Å². The molecule has 8 heteroatoms. The van der Waals surface area contributed by atoms with Crippen LogP contribution in [0.1, 0.15) is 61.5 Å². The standard InChI is InChI=1S/C107H70N6O2/c1-65-63-108-53-51-79(65)74-43-48-89-86(57-74)83-47-42-78(60-96(83)107(89)94-31-14-18-35-103(94)115-104-36-19-15-32-95(104)107)99-62-98(110-67(3)111-99)76-26-20-25-72(55-76)68-37-39-69(40-38-68)73-41-46-82(85(56-73)80-52-54-109-64-66(80)2)75-44-49-90-87(58-75)88-59-77(45-50-91(88)106(90)92-29-12-16-33-101(92)114-102-34-17-13-30-93(102)106)100-61-97(71-23-8-5-9-24-71)112-105(113-100)84-28-11-10-27-81(84)70-21-6-4-7-22-70/h4-64H,1-3H3. The number of aromatic nitrogens is 6. The molecule has 0 N–H and O–H groups in total. The molecule has 6 heterocycles. The molecule has 0 atom stereocenters. The summed E-state index contributed by atoms with van der Waals surface area (Å²) in [4.78, 5) is 30.3. The molecule has 0 fully saturated rings. The van der Waals surface area contributed by atoms with Crippen LogP contribution in [-0.4, -0.2) is 29.9 Å². The van der Waals surface area contributed by atoms with E-state index in [1.54, 1.807) is 0 Å². The zero-order valence-electron chi connectivity index (χ0n) is 63.2. The molecule has 14 aromatic carbocycles. The van der Waals surface area contributed by atoms with Gasteiger partial charge in [-0.2, -0.15) is 0 Å². The maximum atomic E-state index is 6.85. The molecule has 0 amide bonds. The highest BCUT2D eigenvalue weighted by molar-refractivity contribution is 5.97. The van der Waals surface area contributed by atoms with Crippen molar-refractivity contribution in [1.82, 2.24) is 29.9 Å². The summed E-state index contributed by atoms with van der Waals surface area (Å²) < 4.78 is 13.6. The van der Waals surface area contributed by atoms with Crippen molar-refractivity contribution < 1.29 is 9.47 Å². The molecule has 8 nitrogen and oxygen atoms in total. The number of rotatable bonds is 11. The molecule has 4 aromatic heterocycles. The summed E-state index contributed by atoms with van der Waals surface area (Å²) in [6, 6.07) is 125. The predicted molar refractivity (Wildman–Crippen MR) is 462 cm³/mol. The molecule has 0 unspecified atom stereocenters. The van der Waals surface area contributed by atoms with Crippen molar-refractivity contribution in [3.05, 3.63) is 432 Å². The molecule has 22 rings (SSSR count). The Balaban J connectivity index is 0.627. The average molecular weight is 1470 g/mol. The molecule has 0 saturated carbocycles. The van der Waals surface area contributed by atoms with Crippen molar-refractivity contribution >= 4 is 0 Å². The first-order chi connectivity index (χ1) is 56.7. The van der Waals surface area contributed by atoms with E-state index in [4.69, 9.17) is 29.4 Å². The minimum atomic E-state index is -0.710. The van der Waals surface area contributed by atoms with Crippen molar-refractivity contribution in [3.8, 4) is 168 Å². The highest BCUT2D eigenvalue weighted by Crippen LogP contribution is 2.65. The molecule has 2 aliphatic carbocycles. The van der Waals surface area contributed by atoms with E-state index in [-0.39, 0.29) is 0 Å². The van der Waals surface area contributed by atoms with Gasteiger partial charge in [-0.05, 0) is 228 Å². The number of benzene rings is 14. The van der Waals surface area contributed by atoms with Crippen LogP contribution in [0, 0.1) is 20.8 Å². The largest absolute Gasteiger partial charge is 0.457 e. The zero-order valence-corrected chi connectivity index (χ0v) is 63.2. The number of hydrogen-bond acceptors (Lipinski definition) is 8. The molecule has 2 spiro atoms. The number of pyridine rings is 2. The highest BCUT2D eigenvalue weighted by Gasteiger charge is 2.53. The van der Waals surface area contributed by atoms with Crippen LogP contribution >= 0.6 is 0 Å². The van der Waals surface area contributed by atoms with Gasteiger partial charge in [0, 0.05) is 74.9 Å². The van der Waals surface area contributed by atoms with E-state index < -0.39 is 10.8 Å². The first-order valence-corrected chi connectivity index (χ1v) is 39.2. The summed E-state index contributed by atoms with van der Waals surface area (Å²) in [5.41, 5.74) is 36.4. The molecular weight excluding hydrogens is 1400 g/mol. The summed E-state index contributed by atoms with van der Waals surface area (Å²) in [5.74, 6) is 4.73. The van der Waals surface area contributed by atoms with Crippen LogP contribution in [0.3, 0.4) is 0 Å². The molecular formula is C107H70N6O2. The number of nitrogens with zero attached hydrogens (tertiary/aromatic N) is 6. The maximum absolute atomic E-state index is 6.85. The van der Waals surface area contributed by atoms with Gasteiger partial charge < -0.3 is 9.47 Å². The van der Waals surface area contributed by atoms with E-state index in [1.165, 1.54) is 33.4 Å². The Bertz CT molecular complexity index is 6940. The Hall–Kier alpha value is -14.9. The highest BCUT2D eigenvalue weighted by atomic mass is 16.5. The van der Waals surface area contributed by atoms with Crippen LogP contribution in [0.4, 0.5) is 0 Å².